The molecule has 0 aliphatic carbocycles. The van der Waals surface area contributed by atoms with Gasteiger partial charge in [0, 0.05) is 28.9 Å². The highest BCUT2D eigenvalue weighted by molar-refractivity contribution is 8.00. The Morgan fingerprint density at radius 1 is 1.18 bits per heavy atom. The van der Waals surface area contributed by atoms with Gasteiger partial charge in [0.1, 0.15) is 16.8 Å². The number of hydrogen-bond acceptors (Lipinski definition) is 7. The zero-order chi connectivity index (χ0) is 27.2. The third-order valence-electron chi connectivity index (χ3n) is 5.98. The van der Waals surface area contributed by atoms with E-state index in [4.69, 9.17) is 17.0 Å². The molecular formula is C27H27N5O3S3. The maximum atomic E-state index is 13.0. The second-order valence-electron chi connectivity index (χ2n) is 8.57. The Bertz CT molecular complexity index is 1420. The zero-order valence-electron chi connectivity index (χ0n) is 21.2. The molecule has 0 saturated heterocycles. The predicted molar refractivity (Wildman–Crippen MR) is 157 cm³/mol. The number of methoxy groups -OCH3 is 1. The number of hydrogen-bond donors (Lipinski definition) is 3. The Morgan fingerprint density at radius 3 is 2.71 bits per heavy atom. The average Bonchev–Trinajstić information content (AvgIpc) is 3.25. The summed E-state index contributed by atoms with van der Waals surface area (Å²) in [6, 6.07) is 17.4. The molecule has 11 heteroatoms. The number of thiocarbonyl (C=S) groups is 1. The summed E-state index contributed by atoms with van der Waals surface area (Å²) in [5, 5.41) is 19.5. The van der Waals surface area contributed by atoms with Crippen molar-refractivity contribution in [2.75, 3.05) is 29.6 Å². The van der Waals surface area contributed by atoms with Crippen LogP contribution in [0.4, 0.5) is 16.4 Å². The van der Waals surface area contributed by atoms with Gasteiger partial charge in [-0.3, -0.25) is 9.59 Å². The molecule has 0 radical (unpaired) electrons. The molecule has 0 spiro atoms. The Kier molecular flexibility index (Phi) is 8.89. The molecule has 1 aromatic heterocycles. The van der Waals surface area contributed by atoms with Gasteiger partial charge < -0.3 is 25.6 Å². The van der Waals surface area contributed by atoms with Crippen LogP contribution in [-0.4, -0.2) is 40.7 Å². The van der Waals surface area contributed by atoms with Crippen molar-refractivity contribution in [3.05, 3.63) is 64.5 Å². The van der Waals surface area contributed by atoms with E-state index in [1.807, 2.05) is 55.5 Å². The number of thiophene rings is 1. The summed E-state index contributed by atoms with van der Waals surface area (Å²) in [5.41, 5.74) is 2.97. The summed E-state index contributed by atoms with van der Waals surface area (Å²) in [5.74, 6) is 0.495. The lowest BCUT2D eigenvalue weighted by molar-refractivity contribution is -0.129. The van der Waals surface area contributed by atoms with E-state index in [0.717, 1.165) is 26.7 Å². The number of nitriles is 1. The Morgan fingerprint density at radius 2 is 1.97 bits per heavy atom. The number of rotatable bonds is 7. The molecule has 3 aromatic rings. The van der Waals surface area contributed by atoms with Gasteiger partial charge in [-0.15, -0.1) is 23.1 Å². The van der Waals surface area contributed by atoms with E-state index >= 15 is 0 Å². The van der Waals surface area contributed by atoms with E-state index in [9.17, 15) is 14.9 Å². The van der Waals surface area contributed by atoms with Gasteiger partial charge in [-0.1, -0.05) is 18.2 Å². The van der Waals surface area contributed by atoms with E-state index in [-0.39, 0.29) is 11.8 Å². The van der Waals surface area contributed by atoms with Crippen LogP contribution < -0.4 is 20.7 Å². The molecule has 2 heterocycles. The quantitative estimate of drug-likeness (QED) is 0.256. The van der Waals surface area contributed by atoms with Crippen LogP contribution in [0.15, 0.2) is 53.4 Å². The largest absolute Gasteiger partial charge is 0.495 e. The number of fused-ring (bicyclic) bond motifs is 1. The van der Waals surface area contributed by atoms with E-state index in [2.05, 4.69) is 22.0 Å². The van der Waals surface area contributed by atoms with Crippen LogP contribution >= 0.6 is 35.3 Å². The molecule has 1 aliphatic heterocycles. The van der Waals surface area contributed by atoms with Gasteiger partial charge in [-0.2, -0.15) is 5.26 Å². The van der Waals surface area contributed by atoms with E-state index in [0.29, 0.717) is 40.9 Å². The summed E-state index contributed by atoms with van der Waals surface area (Å²) in [6.45, 7) is 4.42. The second-order valence-corrected chi connectivity index (χ2v) is 11.5. The number of ether oxygens (including phenoxy) is 1. The lowest BCUT2D eigenvalue weighted by Crippen LogP contribution is -2.33. The fourth-order valence-corrected chi connectivity index (χ4v) is 6.40. The van der Waals surface area contributed by atoms with Gasteiger partial charge in [0.15, 0.2) is 5.11 Å². The third-order valence-corrected chi connectivity index (χ3v) is 8.41. The number of para-hydroxylation sites is 2. The van der Waals surface area contributed by atoms with Crippen LogP contribution in [0.2, 0.25) is 0 Å². The maximum Gasteiger partial charge on any atom is 0.238 e. The van der Waals surface area contributed by atoms with Gasteiger partial charge >= 0.3 is 0 Å². The second kappa shape index (κ2) is 12.3. The minimum atomic E-state index is -0.414. The number of carbonyl (C=O) groups excluding carboxylic acids is 2. The molecule has 2 amide bonds. The molecule has 0 fully saturated rings. The number of thioether (sulfide) groups is 1. The van der Waals surface area contributed by atoms with Gasteiger partial charge in [0.2, 0.25) is 11.8 Å². The molecule has 8 nitrogen and oxygen atoms in total. The van der Waals surface area contributed by atoms with Gasteiger partial charge in [-0.05, 0) is 61.5 Å². The molecule has 38 heavy (non-hydrogen) atoms. The molecule has 4 rings (SSSR count). The summed E-state index contributed by atoms with van der Waals surface area (Å²) in [4.78, 5) is 28.4. The van der Waals surface area contributed by atoms with Crippen LogP contribution in [0.3, 0.4) is 0 Å². The first-order valence-electron chi connectivity index (χ1n) is 11.9. The van der Waals surface area contributed by atoms with Gasteiger partial charge in [0.25, 0.3) is 0 Å². The fraction of sp³-hybridized carbons (Fsp3) is 0.259. The molecule has 1 aliphatic rings. The highest BCUT2D eigenvalue weighted by Gasteiger charge is 2.27. The number of nitrogens with zero attached hydrogens (tertiary/aromatic N) is 2. The molecule has 1 atom stereocenters. The predicted octanol–water partition coefficient (Wildman–Crippen LogP) is 5.46. The van der Waals surface area contributed by atoms with Crippen LogP contribution in [0, 0.1) is 11.3 Å². The summed E-state index contributed by atoms with van der Waals surface area (Å²) < 4.78 is 5.35. The molecule has 0 bridgehead atoms. The number of anilines is 3. The third kappa shape index (κ3) is 6.45. The van der Waals surface area contributed by atoms with Crippen LogP contribution in [0.25, 0.3) is 0 Å². The van der Waals surface area contributed by atoms with Crippen molar-refractivity contribution in [3.63, 3.8) is 0 Å². The first-order chi connectivity index (χ1) is 18.3. The first kappa shape index (κ1) is 27.4. The Balaban J connectivity index is 1.38. The molecule has 1 unspecified atom stereocenters. The minimum absolute atomic E-state index is 0.00576. The summed E-state index contributed by atoms with van der Waals surface area (Å²) in [6.07, 6.45) is 0.613. The molecule has 0 saturated carbocycles. The van der Waals surface area contributed by atoms with Gasteiger partial charge in [-0.25, -0.2) is 0 Å². The van der Waals surface area contributed by atoms with Crippen molar-refractivity contribution in [2.45, 2.75) is 37.0 Å². The lowest BCUT2D eigenvalue weighted by Gasteiger charge is -2.25. The maximum absolute atomic E-state index is 13.0. The topological polar surface area (TPSA) is 106 Å². The Labute approximate surface area is 235 Å². The number of carbonyl (C=O) groups is 2. The smallest absolute Gasteiger partial charge is 0.238 e. The first-order valence-corrected chi connectivity index (χ1v) is 14.0. The van der Waals surface area contributed by atoms with E-state index < -0.39 is 5.25 Å². The van der Waals surface area contributed by atoms with Crippen LogP contribution in [-0.2, 0) is 22.6 Å². The standard InChI is InChI=1S/C27H27N5O3S3/c1-16(25(34)31-26-21(14-28)20-11-12-32(17(2)33)15-24(20)38-26)37-19-8-6-7-18(13-19)29-27(36)30-22-9-4-5-10-23(22)35-3/h4-10,13,16H,11-12,15H2,1-3H3,(H,31,34)(H2,29,30,36). The highest BCUT2D eigenvalue weighted by Crippen LogP contribution is 2.37. The fourth-order valence-electron chi connectivity index (χ4n) is 4.03. The van der Waals surface area contributed by atoms with Crippen molar-refractivity contribution < 1.29 is 14.3 Å². The van der Waals surface area contributed by atoms with Crippen molar-refractivity contribution >= 4 is 68.6 Å². The zero-order valence-corrected chi connectivity index (χ0v) is 23.6. The monoisotopic (exact) mass is 565 g/mol. The van der Waals surface area contributed by atoms with Crippen molar-refractivity contribution in [1.29, 1.82) is 5.26 Å². The highest BCUT2D eigenvalue weighted by atomic mass is 32.2. The van der Waals surface area contributed by atoms with Crippen molar-refractivity contribution in [1.82, 2.24) is 4.90 Å². The van der Waals surface area contributed by atoms with Crippen LogP contribution in [0.1, 0.15) is 29.9 Å². The van der Waals surface area contributed by atoms with Gasteiger partial charge in [0.05, 0.1) is 30.2 Å². The molecule has 2 aromatic carbocycles. The van der Waals surface area contributed by atoms with Crippen molar-refractivity contribution in [3.8, 4) is 11.8 Å². The summed E-state index contributed by atoms with van der Waals surface area (Å²) in [7, 11) is 1.60. The van der Waals surface area contributed by atoms with E-state index in [1.54, 1.807) is 18.9 Å². The molecular weight excluding hydrogens is 539 g/mol. The summed E-state index contributed by atoms with van der Waals surface area (Å²) >= 11 is 8.24. The number of amides is 2. The normalized spacial score (nSPS) is 13.1. The Hall–Kier alpha value is -3.59. The average molecular weight is 566 g/mol. The lowest BCUT2D eigenvalue weighted by atomic mass is 10.0. The van der Waals surface area contributed by atoms with E-state index in [1.165, 1.54) is 23.1 Å². The minimum Gasteiger partial charge on any atom is -0.495 e. The molecule has 3 N–H and O–H groups in total. The van der Waals surface area contributed by atoms with Crippen LogP contribution in [0.5, 0.6) is 5.75 Å². The van der Waals surface area contributed by atoms with Crippen molar-refractivity contribution in [2.24, 2.45) is 0 Å². The molecule has 196 valence electrons. The SMILES string of the molecule is COc1ccccc1NC(=S)Nc1cccc(SC(C)C(=O)Nc2sc3c(c2C#N)CCN(C(C)=O)C3)c1. The number of nitrogens with one attached hydrogen (secondary N) is 3. The number of benzene rings is 2.